The van der Waals surface area contributed by atoms with Crippen LogP contribution in [0.25, 0.3) is 0 Å². The molecule has 1 aliphatic heterocycles. The van der Waals surface area contributed by atoms with Crippen molar-refractivity contribution in [2.75, 3.05) is 18.6 Å². The quantitative estimate of drug-likeness (QED) is 0.488. The first-order valence-electron chi connectivity index (χ1n) is 10.4. The van der Waals surface area contributed by atoms with Gasteiger partial charge in [0, 0.05) is 5.70 Å². The average Bonchev–Trinajstić information content (AvgIpc) is 3.41. The maximum absolute atomic E-state index is 13.2. The van der Waals surface area contributed by atoms with Crippen LogP contribution in [0.1, 0.15) is 31.4 Å². The Balaban J connectivity index is 1.54. The first kappa shape index (κ1) is 21.4. The smallest absolute Gasteiger partial charge is 0.339 e. The summed E-state index contributed by atoms with van der Waals surface area (Å²) in [6.07, 6.45) is 7.06. The molecule has 1 aromatic heterocycles. The normalized spacial score (nSPS) is 16.4. The van der Waals surface area contributed by atoms with Gasteiger partial charge in [0.15, 0.2) is 0 Å². The summed E-state index contributed by atoms with van der Waals surface area (Å²) in [7, 11) is 1.49. The van der Waals surface area contributed by atoms with E-state index in [4.69, 9.17) is 9.15 Å². The number of rotatable bonds is 7. The lowest BCUT2D eigenvalue weighted by Gasteiger charge is -2.28. The van der Waals surface area contributed by atoms with E-state index >= 15 is 0 Å². The predicted molar refractivity (Wildman–Crippen MR) is 113 cm³/mol. The lowest BCUT2D eigenvalue weighted by Crippen LogP contribution is -2.43. The zero-order valence-corrected chi connectivity index (χ0v) is 17.7. The number of imide groups is 2. The molecule has 9 heteroatoms. The number of hydrogen-bond acceptors (Lipinski definition) is 6. The van der Waals surface area contributed by atoms with Crippen LogP contribution in [-0.2, 0) is 20.9 Å². The van der Waals surface area contributed by atoms with Crippen LogP contribution in [0.5, 0.6) is 5.75 Å². The lowest BCUT2D eigenvalue weighted by molar-refractivity contribution is -0.142. The van der Waals surface area contributed by atoms with Crippen molar-refractivity contribution in [2.45, 2.75) is 32.2 Å². The molecule has 0 unspecified atom stereocenters. The van der Waals surface area contributed by atoms with E-state index < -0.39 is 30.3 Å². The van der Waals surface area contributed by atoms with Crippen LogP contribution in [0.4, 0.5) is 10.5 Å². The van der Waals surface area contributed by atoms with E-state index in [-0.39, 0.29) is 12.2 Å². The van der Waals surface area contributed by atoms with E-state index in [1.165, 1.54) is 30.4 Å². The fraction of sp³-hybridized carbons (Fsp3) is 0.304. The first-order chi connectivity index (χ1) is 15.5. The molecule has 2 aromatic rings. The van der Waals surface area contributed by atoms with Gasteiger partial charge in [0.1, 0.15) is 18.1 Å². The number of amides is 5. The predicted octanol–water partition coefficient (Wildman–Crippen LogP) is 3.07. The molecule has 1 saturated heterocycles. The molecule has 1 fully saturated rings. The third-order valence-corrected chi connectivity index (χ3v) is 5.49. The minimum absolute atomic E-state index is 0.185. The van der Waals surface area contributed by atoms with Gasteiger partial charge in [0.05, 0.1) is 25.6 Å². The summed E-state index contributed by atoms with van der Waals surface area (Å²) < 4.78 is 10.5. The molecule has 32 heavy (non-hydrogen) atoms. The summed E-state index contributed by atoms with van der Waals surface area (Å²) in [5.41, 5.74) is 1.06. The van der Waals surface area contributed by atoms with Gasteiger partial charge in [0.2, 0.25) is 5.91 Å². The van der Waals surface area contributed by atoms with E-state index in [2.05, 4.69) is 0 Å². The summed E-state index contributed by atoms with van der Waals surface area (Å²) in [6.45, 7) is -0.349. The number of allylic oxidation sites excluding steroid dienone is 2. The first-order valence-corrected chi connectivity index (χ1v) is 10.4. The van der Waals surface area contributed by atoms with Crippen molar-refractivity contribution in [3.63, 3.8) is 0 Å². The second-order valence-corrected chi connectivity index (χ2v) is 7.51. The van der Waals surface area contributed by atoms with Crippen LogP contribution in [0.15, 0.2) is 58.9 Å². The Morgan fingerprint density at radius 1 is 1.09 bits per heavy atom. The zero-order chi connectivity index (χ0) is 22.7. The minimum atomic E-state index is -1.03. The summed E-state index contributed by atoms with van der Waals surface area (Å²) >= 11 is 0. The number of anilines is 1. The molecule has 9 nitrogen and oxygen atoms in total. The summed E-state index contributed by atoms with van der Waals surface area (Å²) in [6, 6.07) is 8.79. The van der Waals surface area contributed by atoms with Crippen LogP contribution in [0, 0.1) is 0 Å². The van der Waals surface area contributed by atoms with Crippen molar-refractivity contribution < 1.29 is 28.3 Å². The van der Waals surface area contributed by atoms with E-state index in [0.717, 1.165) is 29.9 Å². The number of hydrogen-bond donors (Lipinski definition) is 0. The van der Waals surface area contributed by atoms with Crippen LogP contribution < -0.4 is 9.64 Å². The van der Waals surface area contributed by atoms with Crippen molar-refractivity contribution in [3.05, 3.63) is 60.2 Å². The number of carbonyl (C=O) groups excluding carboxylic acids is 4. The third kappa shape index (κ3) is 4.14. The Morgan fingerprint density at radius 3 is 2.50 bits per heavy atom. The van der Waals surface area contributed by atoms with Gasteiger partial charge in [-0.3, -0.25) is 14.4 Å². The van der Waals surface area contributed by atoms with Gasteiger partial charge in [-0.15, -0.1) is 0 Å². The zero-order valence-electron chi connectivity index (χ0n) is 17.7. The van der Waals surface area contributed by atoms with Crippen LogP contribution in [0.3, 0.4) is 0 Å². The van der Waals surface area contributed by atoms with Crippen molar-refractivity contribution >= 4 is 29.4 Å². The second kappa shape index (κ2) is 9.09. The Hall–Kier alpha value is -3.88. The average molecular weight is 437 g/mol. The fourth-order valence-electron chi connectivity index (χ4n) is 3.80. The maximum Gasteiger partial charge on any atom is 0.339 e. The number of urea groups is 1. The fourth-order valence-corrected chi connectivity index (χ4v) is 3.80. The number of nitrogens with zero attached hydrogens (tertiary/aromatic N) is 3. The molecule has 0 radical (unpaired) electrons. The Labute approximate surface area is 184 Å². The summed E-state index contributed by atoms with van der Waals surface area (Å²) in [5, 5.41) is 0. The highest BCUT2D eigenvalue weighted by molar-refractivity contribution is 6.53. The number of methoxy groups -OCH3 is 1. The minimum Gasteiger partial charge on any atom is -0.497 e. The molecule has 166 valence electrons. The molecular weight excluding hydrogens is 414 g/mol. The van der Waals surface area contributed by atoms with Crippen LogP contribution in [0.2, 0.25) is 0 Å². The van der Waals surface area contributed by atoms with Gasteiger partial charge < -0.3 is 14.1 Å². The lowest BCUT2D eigenvalue weighted by atomic mass is 10.0. The monoisotopic (exact) mass is 437 g/mol. The molecule has 4 rings (SSSR count). The van der Waals surface area contributed by atoms with Gasteiger partial charge in [-0.25, -0.2) is 14.6 Å². The second-order valence-electron chi connectivity index (χ2n) is 7.51. The molecule has 1 aromatic carbocycles. The third-order valence-electron chi connectivity index (χ3n) is 5.49. The van der Waals surface area contributed by atoms with E-state index in [9.17, 15) is 19.2 Å². The Kier molecular flexibility index (Phi) is 6.07. The van der Waals surface area contributed by atoms with Crippen LogP contribution in [-0.4, -0.2) is 47.2 Å². The molecule has 1 aliphatic carbocycles. The Bertz CT molecular complexity index is 1060. The van der Waals surface area contributed by atoms with Crippen molar-refractivity contribution in [2.24, 2.45) is 0 Å². The number of ether oxygens (including phenoxy) is 1. The Morgan fingerprint density at radius 2 is 1.88 bits per heavy atom. The van der Waals surface area contributed by atoms with E-state index in [0.29, 0.717) is 22.8 Å². The standard InChI is InChI=1S/C23H23N3O6/c1-31-18-11-9-17(10-12-18)26-22(29)21(28)25(23(26)30)15-20(27)24(14-19-8-5-13-32-19)16-6-3-2-4-7-16/h5-6,8-13H,2-4,7,14-15H2,1H3. The summed E-state index contributed by atoms with van der Waals surface area (Å²) in [5.74, 6) is -1.36. The van der Waals surface area contributed by atoms with Crippen molar-refractivity contribution in [1.29, 1.82) is 0 Å². The molecule has 0 atom stereocenters. The topological polar surface area (TPSA) is 100 Å². The van der Waals surface area contributed by atoms with Gasteiger partial charge >= 0.3 is 17.8 Å². The molecule has 2 aliphatic rings. The maximum atomic E-state index is 13.2. The molecule has 5 amide bonds. The highest BCUT2D eigenvalue weighted by Crippen LogP contribution is 2.26. The summed E-state index contributed by atoms with van der Waals surface area (Å²) in [4.78, 5) is 54.2. The van der Waals surface area contributed by atoms with Crippen LogP contribution >= 0.6 is 0 Å². The molecule has 2 heterocycles. The van der Waals surface area contributed by atoms with E-state index in [1.807, 2.05) is 6.08 Å². The number of carbonyl (C=O) groups is 4. The van der Waals surface area contributed by atoms with Gasteiger partial charge in [0.25, 0.3) is 0 Å². The molecule has 0 saturated carbocycles. The van der Waals surface area contributed by atoms with Crippen molar-refractivity contribution in [3.8, 4) is 5.75 Å². The van der Waals surface area contributed by atoms with Crippen molar-refractivity contribution in [1.82, 2.24) is 9.80 Å². The van der Waals surface area contributed by atoms with E-state index in [1.54, 1.807) is 24.3 Å². The number of furan rings is 1. The molecule has 0 spiro atoms. The largest absolute Gasteiger partial charge is 0.497 e. The molecule has 0 N–H and O–H groups in total. The SMILES string of the molecule is COc1ccc(N2C(=O)C(=O)N(CC(=O)N(Cc3ccco3)C3=CCCCC3)C2=O)cc1. The highest BCUT2D eigenvalue weighted by Gasteiger charge is 2.46. The van der Waals surface area contributed by atoms with Gasteiger partial charge in [-0.1, -0.05) is 6.08 Å². The number of benzene rings is 1. The molecule has 0 bridgehead atoms. The van der Waals surface area contributed by atoms with Gasteiger partial charge in [-0.2, -0.15) is 0 Å². The molecular formula is C23H23N3O6. The highest BCUT2D eigenvalue weighted by atomic mass is 16.5. The van der Waals surface area contributed by atoms with Gasteiger partial charge in [-0.05, 0) is 62.1 Å².